The van der Waals surface area contributed by atoms with Crippen molar-refractivity contribution in [3.8, 4) is 0 Å². The molecule has 1 N–H and O–H groups in total. The lowest BCUT2D eigenvalue weighted by molar-refractivity contribution is -0.113. The number of carbonyl (C=O) groups is 1. The molecule has 2 rings (SSSR count). The van der Waals surface area contributed by atoms with Gasteiger partial charge in [0.1, 0.15) is 0 Å². The Labute approximate surface area is 129 Å². The monoisotopic (exact) mass is 355 g/mol. The molecule has 0 atom stereocenters. The molecule has 5 nitrogen and oxygen atoms in total. The highest BCUT2D eigenvalue weighted by Crippen LogP contribution is 2.22. The van der Waals surface area contributed by atoms with Crippen LogP contribution in [0.1, 0.15) is 25.7 Å². The minimum atomic E-state index is -0.172. The SMILES string of the molecule is CC(C)c1nnc(NC(=O)CSc2cccc(Br)c2)o1. The first-order chi connectivity index (χ1) is 9.54. The van der Waals surface area contributed by atoms with E-state index in [1.807, 2.05) is 38.1 Å². The summed E-state index contributed by atoms with van der Waals surface area (Å²) in [6, 6.07) is 7.93. The van der Waals surface area contributed by atoms with Gasteiger partial charge in [0, 0.05) is 15.3 Å². The fourth-order valence-electron chi connectivity index (χ4n) is 1.38. The smallest absolute Gasteiger partial charge is 0.322 e. The van der Waals surface area contributed by atoms with E-state index in [0.717, 1.165) is 9.37 Å². The summed E-state index contributed by atoms with van der Waals surface area (Å²) in [4.78, 5) is 12.8. The summed E-state index contributed by atoms with van der Waals surface area (Å²) in [5, 5.41) is 10.2. The molecular formula is C13H14BrN3O2S. The van der Waals surface area contributed by atoms with E-state index in [4.69, 9.17) is 4.42 Å². The molecule has 0 saturated carbocycles. The van der Waals surface area contributed by atoms with Crippen LogP contribution in [-0.2, 0) is 4.79 Å². The Morgan fingerprint density at radius 2 is 2.25 bits per heavy atom. The van der Waals surface area contributed by atoms with Crippen molar-refractivity contribution in [3.63, 3.8) is 0 Å². The summed E-state index contributed by atoms with van der Waals surface area (Å²) in [7, 11) is 0. The first kappa shape index (κ1) is 15.1. The Hall–Kier alpha value is -1.34. The molecule has 106 valence electrons. The fourth-order valence-corrected chi connectivity index (χ4v) is 2.69. The third-order valence-electron chi connectivity index (χ3n) is 2.35. The lowest BCUT2D eigenvalue weighted by atomic mass is 10.2. The second-order valence-electron chi connectivity index (χ2n) is 4.39. The van der Waals surface area contributed by atoms with Gasteiger partial charge in [-0.1, -0.05) is 40.9 Å². The maximum absolute atomic E-state index is 11.8. The fraction of sp³-hybridized carbons (Fsp3) is 0.308. The van der Waals surface area contributed by atoms with Crippen LogP contribution < -0.4 is 5.32 Å². The van der Waals surface area contributed by atoms with Crippen LogP contribution in [0.5, 0.6) is 0 Å². The maximum atomic E-state index is 11.8. The predicted molar refractivity (Wildman–Crippen MR) is 81.9 cm³/mol. The number of nitrogens with zero attached hydrogens (tertiary/aromatic N) is 2. The van der Waals surface area contributed by atoms with Gasteiger partial charge in [0.25, 0.3) is 0 Å². The quantitative estimate of drug-likeness (QED) is 0.828. The summed E-state index contributed by atoms with van der Waals surface area (Å²) >= 11 is 4.84. The molecule has 0 aliphatic heterocycles. The number of hydrogen-bond donors (Lipinski definition) is 1. The van der Waals surface area contributed by atoms with Gasteiger partial charge in [-0.15, -0.1) is 16.9 Å². The van der Waals surface area contributed by atoms with Gasteiger partial charge in [-0.3, -0.25) is 10.1 Å². The van der Waals surface area contributed by atoms with Crippen LogP contribution in [0, 0.1) is 0 Å². The molecule has 0 fully saturated rings. The van der Waals surface area contributed by atoms with Crippen LogP contribution in [0.25, 0.3) is 0 Å². The largest absolute Gasteiger partial charge is 0.408 e. The van der Waals surface area contributed by atoms with Crippen LogP contribution in [0.2, 0.25) is 0 Å². The van der Waals surface area contributed by atoms with Gasteiger partial charge in [-0.05, 0) is 18.2 Å². The lowest BCUT2D eigenvalue weighted by Crippen LogP contribution is -2.14. The normalized spacial score (nSPS) is 10.8. The molecule has 0 saturated heterocycles. The highest BCUT2D eigenvalue weighted by atomic mass is 79.9. The number of benzene rings is 1. The molecule has 7 heteroatoms. The van der Waals surface area contributed by atoms with E-state index in [0.29, 0.717) is 5.89 Å². The average Bonchev–Trinajstić information content (AvgIpc) is 2.85. The van der Waals surface area contributed by atoms with Crippen molar-refractivity contribution in [2.24, 2.45) is 0 Å². The maximum Gasteiger partial charge on any atom is 0.322 e. The summed E-state index contributed by atoms with van der Waals surface area (Å²) in [6.07, 6.45) is 0. The topological polar surface area (TPSA) is 68.0 Å². The highest BCUT2D eigenvalue weighted by molar-refractivity contribution is 9.10. The summed E-state index contributed by atoms with van der Waals surface area (Å²) in [5.74, 6) is 0.772. The molecule has 0 aliphatic carbocycles. The molecule has 1 aromatic carbocycles. The van der Waals surface area contributed by atoms with Crippen molar-refractivity contribution in [1.82, 2.24) is 10.2 Å². The van der Waals surface area contributed by atoms with E-state index in [1.165, 1.54) is 11.8 Å². The highest BCUT2D eigenvalue weighted by Gasteiger charge is 2.12. The predicted octanol–water partition coefficient (Wildman–Crippen LogP) is 3.69. The molecule has 0 radical (unpaired) electrons. The molecule has 0 spiro atoms. The first-order valence-corrected chi connectivity index (χ1v) is 7.84. The van der Waals surface area contributed by atoms with Crippen molar-refractivity contribution in [3.05, 3.63) is 34.6 Å². The zero-order chi connectivity index (χ0) is 14.5. The minimum Gasteiger partial charge on any atom is -0.408 e. The number of hydrogen-bond acceptors (Lipinski definition) is 5. The number of nitrogens with one attached hydrogen (secondary N) is 1. The van der Waals surface area contributed by atoms with Crippen LogP contribution in [-0.4, -0.2) is 21.9 Å². The van der Waals surface area contributed by atoms with Crippen LogP contribution in [0.15, 0.2) is 38.1 Å². The average molecular weight is 356 g/mol. The van der Waals surface area contributed by atoms with Crippen molar-refractivity contribution in [2.75, 3.05) is 11.1 Å². The number of carbonyl (C=O) groups excluding carboxylic acids is 1. The summed E-state index contributed by atoms with van der Waals surface area (Å²) in [6.45, 7) is 3.89. The van der Waals surface area contributed by atoms with E-state index in [-0.39, 0.29) is 23.6 Å². The van der Waals surface area contributed by atoms with Crippen molar-refractivity contribution < 1.29 is 9.21 Å². The molecule has 0 aliphatic rings. The number of aromatic nitrogens is 2. The third-order valence-corrected chi connectivity index (χ3v) is 3.83. The second kappa shape index (κ2) is 6.90. The van der Waals surface area contributed by atoms with Crippen molar-refractivity contribution in [1.29, 1.82) is 0 Å². The van der Waals surface area contributed by atoms with Crippen molar-refractivity contribution >= 4 is 39.6 Å². The Bertz CT molecular complexity index is 601. The number of halogens is 1. The van der Waals surface area contributed by atoms with Crippen molar-refractivity contribution in [2.45, 2.75) is 24.7 Å². The van der Waals surface area contributed by atoms with Gasteiger partial charge < -0.3 is 4.42 Å². The first-order valence-electron chi connectivity index (χ1n) is 6.06. The Morgan fingerprint density at radius 1 is 1.45 bits per heavy atom. The molecular weight excluding hydrogens is 342 g/mol. The standard InChI is InChI=1S/C13H14BrN3O2S/c1-8(2)12-16-17-13(19-12)15-11(18)7-20-10-5-3-4-9(14)6-10/h3-6,8H,7H2,1-2H3,(H,15,17,18). The number of anilines is 1. The molecule has 1 heterocycles. The zero-order valence-corrected chi connectivity index (χ0v) is 13.5. The molecule has 0 bridgehead atoms. The molecule has 0 unspecified atom stereocenters. The molecule has 1 amide bonds. The van der Waals surface area contributed by atoms with Gasteiger partial charge in [-0.25, -0.2) is 0 Å². The number of thioether (sulfide) groups is 1. The molecule has 2 aromatic rings. The van der Waals surface area contributed by atoms with E-state index < -0.39 is 0 Å². The molecule has 20 heavy (non-hydrogen) atoms. The van der Waals surface area contributed by atoms with Crippen LogP contribution in [0.4, 0.5) is 6.01 Å². The third kappa shape index (κ3) is 4.35. The van der Waals surface area contributed by atoms with Gasteiger partial charge in [-0.2, -0.15) is 0 Å². The number of amides is 1. The summed E-state index contributed by atoms with van der Waals surface area (Å²) < 4.78 is 6.30. The van der Waals surface area contributed by atoms with E-state index in [2.05, 4.69) is 31.4 Å². The Kier molecular flexibility index (Phi) is 5.19. The van der Waals surface area contributed by atoms with E-state index in [9.17, 15) is 4.79 Å². The lowest BCUT2D eigenvalue weighted by Gasteiger charge is -2.02. The van der Waals surface area contributed by atoms with Gasteiger partial charge in [0.2, 0.25) is 11.8 Å². The Morgan fingerprint density at radius 3 is 2.90 bits per heavy atom. The second-order valence-corrected chi connectivity index (χ2v) is 6.36. The Balaban J connectivity index is 1.86. The number of rotatable bonds is 5. The molecule has 1 aromatic heterocycles. The van der Waals surface area contributed by atoms with E-state index >= 15 is 0 Å². The minimum absolute atomic E-state index is 0.143. The summed E-state index contributed by atoms with van der Waals surface area (Å²) in [5.41, 5.74) is 0. The van der Waals surface area contributed by atoms with Crippen LogP contribution >= 0.6 is 27.7 Å². The van der Waals surface area contributed by atoms with Gasteiger partial charge in [0.15, 0.2) is 0 Å². The zero-order valence-electron chi connectivity index (χ0n) is 11.1. The van der Waals surface area contributed by atoms with Gasteiger partial charge in [0.05, 0.1) is 5.75 Å². The van der Waals surface area contributed by atoms with E-state index in [1.54, 1.807) is 0 Å². The van der Waals surface area contributed by atoms with Crippen LogP contribution in [0.3, 0.4) is 0 Å². The van der Waals surface area contributed by atoms with Gasteiger partial charge >= 0.3 is 6.01 Å².